The Kier molecular flexibility index (Phi) is 5.05. The minimum atomic E-state index is -0.527. The number of benzene rings is 2. The Morgan fingerprint density at radius 3 is 2.55 bits per heavy atom. The summed E-state index contributed by atoms with van der Waals surface area (Å²) in [6.45, 7) is -0.277. The fraction of sp³-hybridized carbons (Fsp3) is 0.0714. The molecule has 0 bridgehead atoms. The number of nitro groups is 1. The third kappa shape index (κ3) is 4.26. The van der Waals surface area contributed by atoms with E-state index in [0.717, 1.165) is 0 Å². The SMILES string of the molecule is O=C(COc1ccc(F)cc1Br)Nc1ccc([N+](=O)[O-])cc1. The van der Waals surface area contributed by atoms with E-state index in [9.17, 15) is 19.3 Å². The molecule has 0 aliphatic carbocycles. The first kappa shape index (κ1) is 15.9. The van der Waals surface area contributed by atoms with Crippen LogP contribution in [0.3, 0.4) is 0 Å². The van der Waals surface area contributed by atoms with Crippen molar-refractivity contribution in [3.05, 3.63) is 62.9 Å². The number of nitrogens with one attached hydrogen (secondary N) is 1. The predicted molar refractivity (Wildman–Crippen MR) is 81.3 cm³/mol. The number of rotatable bonds is 5. The van der Waals surface area contributed by atoms with Crippen LogP contribution in [0.5, 0.6) is 5.75 Å². The lowest BCUT2D eigenvalue weighted by atomic mass is 10.3. The summed E-state index contributed by atoms with van der Waals surface area (Å²) in [5.74, 6) is -0.528. The van der Waals surface area contributed by atoms with Gasteiger partial charge in [0.25, 0.3) is 11.6 Å². The van der Waals surface area contributed by atoms with Gasteiger partial charge in [0, 0.05) is 17.8 Å². The third-order valence-corrected chi connectivity index (χ3v) is 3.23. The van der Waals surface area contributed by atoms with Crippen molar-refractivity contribution in [2.24, 2.45) is 0 Å². The van der Waals surface area contributed by atoms with Crippen molar-refractivity contribution in [1.29, 1.82) is 0 Å². The van der Waals surface area contributed by atoms with Crippen LogP contribution in [-0.2, 0) is 4.79 Å². The molecule has 0 atom stereocenters. The van der Waals surface area contributed by atoms with E-state index in [2.05, 4.69) is 21.2 Å². The molecule has 0 saturated heterocycles. The predicted octanol–water partition coefficient (Wildman–Crippen LogP) is 3.51. The molecule has 1 amide bonds. The zero-order chi connectivity index (χ0) is 16.1. The molecule has 0 aromatic heterocycles. The molecule has 0 unspecified atom stereocenters. The molecule has 0 aliphatic heterocycles. The number of halogens is 2. The van der Waals surface area contributed by atoms with Gasteiger partial charge in [-0.15, -0.1) is 0 Å². The molecule has 114 valence electrons. The Hall–Kier alpha value is -2.48. The Morgan fingerprint density at radius 2 is 1.95 bits per heavy atom. The lowest BCUT2D eigenvalue weighted by Gasteiger charge is -2.09. The number of anilines is 1. The normalized spacial score (nSPS) is 10.1. The maximum atomic E-state index is 12.9. The summed E-state index contributed by atoms with van der Waals surface area (Å²) in [4.78, 5) is 21.7. The van der Waals surface area contributed by atoms with Crippen molar-refractivity contribution in [3.8, 4) is 5.75 Å². The van der Waals surface area contributed by atoms with Crippen LogP contribution in [0.15, 0.2) is 46.9 Å². The molecule has 1 N–H and O–H groups in total. The minimum Gasteiger partial charge on any atom is -0.483 e. The van der Waals surface area contributed by atoms with Gasteiger partial charge in [0.2, 0.25) is 0 Å². The summed E-state index contributed by atoms with van der Waals surface area (Å²) in [5, 5.41) is 13.0. The molecule has 0 spiro atoms. The van der Waals surface area contributed by atoms with Gasteiger partial charge < -0.3 is 10.1 Å². The van der Waals surface area contributed by atoms with E-state index in [0.29, 0.717) is 15.9 Å². The number of carbonyl (C=O) groups excluding carboxylic acids is 1. The van der Waals surface area contributed by atoms with Crippen molar-refractivity contribution < 1.29 is 18.8 Å². The molecule has 0 radical (unpaired) electrons. The van der Waals surface area contributed by atoms with E-state index in [1.807, 2.05) is 0 Å². The van der Waals surface area contributed by atoms with E-state index in [-0.39, 0.29) is 12.3 Å². The maximum Gasteiger partial charge on any atom is 0.269 e. The highest BCUT2D eigenvalue weighted by molar-refractivity contribution is 9.10. The zero-order valence-corrected chi connectivity index (χ0v) is 12.7. The highest BCUT2D eigenvalue weighted by Crippen LogP contribution is 2.25. The smallest absolute Gasteiger partial charge is 0.269 e. The molecular formula is C14H10BrFN2O4. The average Bonchev–Trinajstić information content (AvgIpc) is 2.47. The van der Waals surface area contributed by atoms with Crippen LogP contribution in [-0.4, -0.2) is 17.4 Å². The molecular weight excluding hydrogens is 359 g/mol. The van der Waals surface area contributed by atoms with Crippen LogP contribution >= 0.6 is 15.9 Å². The van der Waals surface area contributed by atoms with Crippen LogP contribution in [0.2, 0.25) is 0 Å². The van der Waals surface area contributed by atoms with E-state index < -0.39 is 16.6 Å². The molecule has 6 nitrogen and oxygen atoms in total. The first-order chi connectivity index (χ1) is 10.5. The van der Waals surface area contributed by atoms with Gasteiger partial charge in [0.05, 0.1) is 9.40 Å². The second-order valence-electron chi connectivity index (χ2n) is 4.22. The highest BCUT2D eigenvalue weighted by atomic mass is 79.9. The average molecular weight is 369 g/mol. The number of nitro benzene ring substituents is 1. The summed E-state index contributed by atoms with van der Waals surface area (Å²) in [6.07, 6.45) is 0. The standard InChI is InChI=1S/C14H10BrFN2O4/c15-12-7-9(16)1-6-13(12)22-8-14(19)17-10-2-4-11(5-3-10)18(20)21/h1-7H,8H2,(H,17,19). The highest BCUT2D eigenvalue weighted by Gasteiger charge is 2.08. The number of nitrogens with zero attached hydrogens (tertiary/aromatic N) is 1. The Labute approximate surface area is 133 Å². The number of amides is 1. The third-order valence-electron chi connectivity index (χ3n) is 2.61. The molecule has 8 heteroatoms. The van der Waals surface area contributed by atoms with Gasteiger partial charge in [0.1, 0.15) is 11.6 Å². The monoisotopic (exact) mass is 368 g/mol. The summed E-state index contributed by atoms with van der Waals surface area (Å²) in [6, 6.07) is 9.25. The fourth-order valence-corrected chi connectivity index (χ4v) is 2.06. The lowest BCUT2D eigenvalue weighted by molar-refractivity contribution is -0.384. The number of ether oxygens (including phenoxy) is 1. The van der Waals surface area contributed by atoms with Gasteiger partial charge in [-0.1, -0.05) is 0 Å². The molecule has 2 aromatic carbocycles. The Bertz CT molecular complexity index is 706. The van der Waals surface area contributed by atoms with Gasteiger partial charge in [-0.2, -0.15) is 0 Å². The number of carbonyl (C=O) groups is 1. The van der Waals surface area contributed by atoms with Gasteiger partial charge >= 0.3 is 0 Å². The van der Waals surface area contributed by atoms with Crippen LogP contribution in [0, 0.1) is 15.9 Å². The van der Waals surface area contributed by atoms with E-state index >= 15 is 0 Å². The fourth-order valence-electron chi connectivity index (χ4n) is 1.60. The van der Waals surface area contributed by atoms with E-state index in [1.165, 1.54) is 42.5 Å². The molecule has 0 fully saturated rings. The quantitative estimate of drug-likeness (QED) is 0.646. The van der Waals surface area contributed by atoms with E-state index in [4.69, 9.17) is 4.74 Å². The zero-order valence-electron chi connectivity index (χ0n) is 11.1. The van der Waals surface area contributed by atoms with Crippen molar-refractivity contribution in [3.63, 3.8) is 0 Å². The Morgan fingerprint density at radius 1 is 1.27 bits per heavy atom. The first-order valence-corrected chi connectivity index (χ1v) is 6.87. The van der Waals surface area contributed by atoms with Crippen LogP contribution in [0.4, 0.5) is 15.8 Å². The molecule has 2 rings (SSSR count). The second-order valence-corrected chi connectivity index (χ2v) is 5.07. The number of non-ortho nitro benzene ring substituents is 1. The molecule has 22 heavy (non-hydrogen) atoms. The summed E-state index contributed by atoms with van der Waals surface area (Å²) in [7, 11) is 0. The Balaban J connectivity index is 1.91. The summed E-state index contributed by atoms with van der Waals surface area (Å²) in [5.41, 5.74) is 0.349. The largest absolute Gasteiger partial charge is 0.483 e. The van der Waals surface area contributed by atoms with Crippen molar-refractivity contribution in [2.45, 2.75) is 0 Å². The molecule has 0 heterocycles. The van der Waals surface area contributed by atoms with Crippen molar-refractivity contribution in [2.75, 3.05) is 11.9 Å². The van der Waals surface area contributed by atoms with E-state index in [1.54, 1.807) is 0 Å². The molecule has 0 saturated carbocycles. The summed E-state index contributed by atoms with van der Waals surface area (Å²) >= 11 is 3.13. The van der Waals surface area contributed by atoms with Gasteiger partial charge in [-0.05, 0) is 46.3 Å². The summed E-state index contributed by atoms with van der Waals surface area (Å²) < 4.78 is 18.6. The van der Waals surface area contributed by atoms with Gasteiger partial charge in [-0.25, -0.2) is 4.39 Å². The lowest BCUT2D eigenvalue weighted by Crippen LogP contribution is -2.20. The molecule has 2 aromatic rings. The van der Waals surface area contributed by atoms with Crippen molar-refractivity contribution >= 4 is 33.2 Å². The number of hydrogen-bond donors (Lipinski definition) is 1. The van der Waals surface area contributed by atoms with Gasteiger partial charge in [-0.3, -0.25) is 14.9 Å². The van der Waals surface area contributed by atoms with Crippen LogP contribution < -0.4 is 10.1 Å². The topological polar surface area (TPSA) is 81.5 Å². The second kappa shape index (κ2) is 6.99. The number of hydrogen-bond acceptors (Lipinski definition) is 4. The van der Waals surface area contributed by atoms with Crippen LogP contribution in [0.25, 0.3) is 0 Å². The van der Waals surface area contributed by atoms with Gasteiger partial charge in [0.15, 0.2) is 6.61 Å². The first-order valence-electron chi connectivity index (χ1n) is 6.08. The maximum absolute atomic E-state index is 12.9. The van der Waals surface area contributed by atoms with Crippen LogP contribution in [0.1, 0.15) is 0 Å². The molecule has 0 aliphatic rings. The van der Waals surface area contributed by atoms with Crippen molar-refractivity contribution in [1.82, 2.24) is 0 Å². The minimum absolute atomic E-state index is 0.0653.